The molecule has 2 unspecified atom stereocenters. The third-order valence-corrected chi connectivity index (χ3v) is 5.38. The molecule has 0 aromatic heterocycles. The number of carbonyl (C=O) groups is 2. The summed E-state index contributed by atoms with van der Waals surface area (Å²) >= 11 is 1.74. The molecule has 126 valence electrons. The lowest BCUT2D eigenvalue weighted by molar-refractivity contribution is -0.142. The Morgan fingerprint density at radius 3 is 2.78 bits per heavy atom. The molecule has 1 amide bonds. The van der Waals surface area contributed by atoms with Crippen molar-refractivity contribution >= 4 is 23.6 Å². The number of carbonyl (C=O) groups excluding carboxylic acids is 1. The van der Waals surface area contributed by atoms with E-state index in [1.807, 2.05) is 25.1 Å². The lowest BCUT2D eigenvalue weighted by Gasteiger charge is -2.36. The number of hydrogen-bond donors (Lipinski definition) is 1. The lowest BCUT2D eigenvalue weighted by Crippen LogP contribution is -2.49. The lowest BCUT2D eigenvalue weighted by atomic mass is 9.99. The van der Waals surface area contributed by atoms with E-state index < -0.39 is 5.97 Å². The second-order valence-corrected chi connectivity index (χ2v) is 7.29. The maximum absolute atomic E-state index is 12.7. The van der Waals surface area contributed by atoms with Crippen molar-refractivity contribution in [3.63, 3.8) is 0 Å². The molecule has 0 bridgehead atoms. The fourth-order valence-corrected chi connectivity index (χ4v) is 4.04. The molecule has 2 rings (SSSR count). The van der Waals surface area contributed by atoms with E-state index in [9.17, 15) is 9.59 Å². The van der Waals surface area contributed by atoms with Crippen LogP contribution in [0.2, 0.25) is 0 Å². The Labute approximate surface area is 142 Å². The molecule has 1 aliphatic heterocycles. The Balaban J connectivity index is 1.83. The molecule has 5 heteroatoms. The summed E-state index contributed by atoms with van der Waals surface area (Å²) in [5.74, 6) is 0.877. The topological polar surface area (TPSA) is 57.6 Å². The summed E-state index contributed by atoms with van der Waals surface area (Å²) in [7, 11) is 0. The van der Waals surface area contributed by atoms with Crippen LogP contribution in [0.25, 0.3) is 0 Å². The van der Waals surface area contributed by atoms with Gasteiger partial charge in [-0.05, 0) is 24.8 Å². The van der Waals surface area contributed by atoms with Crippen LogP contribution >= 0.6 is 11.8 Å². The summed E-state index contributed by atoms with van der Waals surface area (Å²) in [5, 5.41) is 9.02. The first-order chi connectivity index (χ1) is 11.1. The number of rotatable bonds is 7. The van der Waals surface area contributed by atoms with E-state index in [1.54, 1.807) is 16.7 Å². The van der Waals surface area contributed by atoms with Gasteiger partial charge in [-0.15, -0.1) is 0 Å². The minimum atomic E-state index is -0.827. The van der Waals surface area contributed by atoms with E-state index in [0.29, 0.717) is 6.54 Å². The van der Waals surface area contributed by atoms with Crippen LogP contribution in [0.15, 0.2) is 30.3 Å². The highest BCUT2D eigenvalue weighted by Gasteiger charge is 2.31. The Morgan fingerprint density at radius 1 is 1.35 bits per heavy atom. The quantitative estimate of drug-likeness (QED) is 0.832. The largest absolute Gasteiger partial charge is 0.481 e. The maximum atomic E-state index is 12.7. The first-order valence-electron chi connectivity index (χ1n) is 8.22. The molecule has 1 aliphatic rings. The molecule has 1 saturated heterocycles. The summed E-state index contributed by atoms with van der Waals surface area (Å²) in [6, 6.07) is 10.1. The molecule has 0 radical (unpaired) electrons. The van der Waals surface area contributed by atoms with E-state index in [2.05, 4.69) is 12.1 Å². The van der Waals surface area contributed by atoms with Gasteiger partial charge in [0.1, 0.15) is 0 Å². The van der Waals surface area contributed by atoms with Crippen LogP contribution in [-0.2, 0) is 16.0 Å². The van der Waals surface area contributed by atoms with E-state index >= 15 is 0 Å². The van der Waals surface area contributed by atoms with E-state index in [0.717, 1.165) is 30.8 Å². The van der Waals surface area contributed by atoms with Crippen molar-refractivity contribution in [2.75, 3.05) is 18.1 Å². The predicted molar refractivity (Wildman–Crippen MR) is 93.6 cm³/mol. The Hall–Kier alpha value is -1.49. The van der Waals surface area contributed by atoms with Crippen LogP contribution in [0.3, 0.4) is 0 Å². The number of nitrogens with zero attached hydrogens (tertiary/aromatic N) is 1. The molecule has 1 aromatic rings. The summed E-state index contributed by atoms with van der Waals surface area (Å²) in [5.41, 5.74) is 1.30. The van der Waals surface area contributed by atoms with Crippen LogP contribution in [0, 0.1) is 5.92 Å². The van der Waals surface area contributed by atoms with Crippen molar-refractivity contribution in [2.24, 2.45) is 5.92 Å². The van der Waals surface area contributed by atoms with Gasteiger partial charge in [0.25, 0.3) is 0 Å². The number of carboxylic acid groups (broad SMARTS) is 1. The minimum absolute atomic E-state index is 0.0434. The fourth-order valence-electron chi connectivity index (χ4n) is 2.98. The highest BCUT2D eigenvalue weighted by atomic mass is 32.2. The second-order valence-electron chi connectivity index (χ2n) is 6.14. The third-order valence-electron chi connectivity index (χ3n) is 4.29. The van der Waals surface area contributed by atoms with Gasteiger partial charge in [-0.1, -0.05) is 37.3 Å². The van der Waals surface area contributed by atoms with Gasteiger partial charge in [0.15, 0.2) is 0 Å². The second kappa shape index (κ2) is 8.96. The van der Waals surface area contributed by atoms with Crippen molar-refractivity contribution in [3.8, 4) is 0 Å². The molecule has 0 saturated carbocycles. The van der Waals surface area contributed by atoms with E-state index in [4.69, 9.17) is 5.11 Å². The third kappa shape index (κ3) is 5.57. The molecule has 1 fully saturated rings. The van der Waals surface area contributed by atoms with Gasteiger partial charge in [0, 0.05) is 24.0 Å². The van der Waals surface area contributed by atoms with E-state index in [-0.39, 0.29) is 24.3 Å². The number of aliphatic carboxylic acids is 1. The number of benzene rings is 1. The molecule has 2 atom stereocenters. The number of carboxylic acids is 1. The average Bonchev–Trinajstić information content (AvgIpc) is 2.55. The summed E-state index contributed by atoms with van der Waals surface area (Å²) in [4.78, 5) is 25.4. The first-order valence-corrected chi connectivity index (χ1v) is 9.37. The number of aryl methyl sites for hydroxylation is 1. The van der Waals surface area contributed by atoms with Crippen molar-refractivity contribution in [2.45, 2.75) is 38.6 Å². The van der Waals surface area contributed by atoms with Gasteiger partial charge in [0.2, 0.25) is 5.91 Å². The molecule has 1 aromatic carbocycles. The van der Waals surface area contributed by atoms with Crippen molar-refractivity contribution in [1.29, 1.82) is 0 Å². The number of thioether (sulfide) groups is 1. The summed E-state index contributed by atoms with van der Waals surface area (Å²) in [6.07, 6.45) is 2.85. The molecule has 23 heavy (non-hydrogen) atoms. The van der Waals surface area contributed by atoms with Gasteiger partial charge >= 0.3 is 5.97 Å². The molecule has 4 nitrogen and oxygen atoms in total. The van der Waals surface area contributed by atoms with Gasteiger partial charge in [0.05, 0.1) is 12.5 Å². The SMILES string of the molecule is CC(CCCc1ccccc1)C(=O)N1CCSCC1CC(=O)O. The minimum Gasteiger partial charge on any atom is -0.481 e. The van der Waals surface area contributed by atoms with Crippen molar-refractivity contribution < 1.29 is 14.7 Å². The average molecular weight is 335 g/mol. The monoisotopic (exact) mass is 335 g/mol. The zero-order valence-corrected chi connectivity index (χ0v) is 14.4. The fraction of sp³-hybridized carbons (Fsp3) is 0.556. The van der Waals surface area contributed by atoms with Gasteiger partial charge < -0.3 is 10.0 Å². The zero-order chi connectivity index (χ0) is 16.7. The Morgan fingerprint density at radius 2 is 2.09 bits per heavy atom. The Bertz CT molecular complexity index is 520. The highest BCUT2D eigenvalue weighted by molar-refractivity contribution is 7.99. The van der Waals surface area contributed by atoms with Gasteiger partial charge in [-0.25, -0.2) is 0 Å². The summed E-state index contributed by atoms with van der Waals surface area (Å²) in [6.45, 7) is 2.64. The van der Waals surface area contributed by atoms with Crippen molar-refractivity contribution in [3.05, 3.63) is 35.9 Å². The molecule has 0 aliphatic carbocycles. The number of amides is 1. The zero-order valence-electron chi connectivity index (χ0n) is 13.6. The smallest absolute Gasteiger partial charge is 0.305 e. The normalized spacial score (nSPS) is 19.3. The number of hydrogen-bond acceptors (Lipinski definition) is 3. The maximum Gasteiger partial charge on any atom is 0.305 e. The van der Waals surface area contributed by atoms with Gasteiger partial charge in [-0.3, -0.25) is 9.59 Å². The van der Waals surface area contributed by atoms with Crippen LogP contribution in [-0.4, -0.2) is 46.0 Å². The molecular weight excluding hydrogens is 310 g/mol. The van der Waals surface area contributed by atoms with E-state index in [1.165, 1.54) is 5.56 Å². The van der Waals surface area contributed by atoms with Crippen LogP contribution in [0.4, 0.5) is 0 Å². The summed E-state index contributed by atoms with van der Waals surface area (Å²) < 4.78 is 0. The van der Waals surface area contributed by atoms with Crippen LogP contribution in [0.1, 0.15) is 31.7 Å². The van der Waals surface area contributed by atoms with Crippen LogP contribution < -0.4 is 0 Å². The molecule has 1 N–H and O–H groups in total. The highest BCUT2D eigenvalue weighted by Crippen LogP contribution is 2.22. The van der Waals surface area contributed by atoms with Crippen LogP contribution in [0.5, 0.6) is 0 Å². The van der Waals surface area contributed by atoms with Crippen molar-refractivity contribution in [1.82, 2.24) is 4.90 Å². The first kappa shape index (κ1) is 17.9. The molecular formula is C18H25NO3S. The predicted octanol–water partition coefficient (Wildman–Crippen LogP) is 3.06. The Kier molecular flexibility index (Phi) is 6.96. The van der Waals surface area contributed by atoms with Gasteiger partial charge in [-0.2, -0.15) is 11.8 Å². The standard InChI is InChI=1S/C18H25NO3S/c1-14(6-5-9-15-7-3-2-4-8-15)18(22)19-10-11-23-13-16(19)12-17(20)21/h2-4,7-8,14,16H,5-6,9-13H2,1H3,(H,20,21). The molecule has 0 spiro atoms. The molecule has 1 heterocycles.